The van der Waals surface area contributed by atoms with Gasteiger partial charge in [-0.25, -0.2) is 0 Å². The van der Waals surface area contributed by atoms with Crippen molar-refractivity contribution in [3.8, 4) is 23.9 Å². The van der Waals surface area contributed by atoms with E-state index in [9.17, 15) is 0 Å². The van der Waals surface area contributed by atoms with Crippen molar-refractivity contribution in [1.29, 1.82) is 0 Å². The highest BCUT2D eigenvalue weighted by Gasteiger charge is 1.66. The van der Waals surface area contributed by atoms with E-state index >= 15 is 0 Å². The lowest BCUT2D eigenvalue weighted by Crippen LogP contribution is -1.74. The van der Waals surface area contributed by atoms with E-state index < -0.39 is 0 Å². The maximum absolute atomic E-state index is 8.15. The Labute approximate surface area is 48.2 Å². The molecule has 0 amide bonds. The van der Waals surface area contributed by atoms with E-state index in [-0.39, 0.29) is 6.61 Å². The van der Waals surface area contributed by atoms with Gasteiger partial charge in [-0.3, -0.25) is 0 Å². The van der Waals surface area contributed by atoms with Crippen LogP contribution in [0.2, 0.25) is 0 Å². The molecule has 0 saturated heterocycles. The van der Waals surface area contributed by atoms with Crippen LogP contribution in [0.4, 0.5) is 0 Å². The van der Waals surface area contributed by atoms with Crippen LogP contribution in [0.5, 0.6) is 0 Å². The number of hydrogen-bond donors (Lipinski definition) is 2. The second-order valence-corrected chi connectivity index (χ2v) is 1.01. The molecule has 0 fully saturated rings. The lowest BCUT2D eigenvalue weighted by atomic mass is 10.4. The van der Waals surface area contributed by atoms with Crippen molar-refractivity contribution in [1.82, 2.24) is 0 Å². The highest BCUT2D eigenvalue weighted by molar-refractivity contribution is 5.23. The summed E-state index contributed by atoms with van der Waals surface area (Å²) in [6.07, 6.45) is 2.03. The molecular formula is C6H6O2. The van der Waals surface area contributed by atoms with Gasteiger partial charge in [0, 0.05) is 12.3 Å². The van der Waals surface area contributed by atoms with Gasteiger partial charge in [-0.1, -0.05) is 5.92 Å². The van der Waals surface area contributed by atoms with Crippen LogP contribution in [0.1, 0.15) is 6.42 Å². The summed E-state index contributed by atoms with van der Waals surface area (Å²) >= 11 is 0. The fourth-order valence-electron chi connectivity index (χ4n) is 0.191. The minimum absolute atomic E-state index is 0.0418. The van der Waals surface area contributed by atoms with Crippen LogP contribution in [0.15, 0.2) is 0 Å². The Hall–Kier alpha value is -1.12. The highest BCUT2D eigenvalue weighted by atomic mass is 16.3. The first-order valence-corrected chi connectivity index (χ1v) is 2.14. The summed E-state index contributed by atoms with van der Waals surface area (Å²) < 4.78 is 0. The number of aliphatic hydroxyl groups excluding tert-OH is 2. The Morgan fingerprint density at radius 1 is 1.25 bits per heavy atom. The second-order valence-electron chi connectivity index (χ2n) is 1.01. The molecule has 0 aromatic carbocycles. The Bertz CT molecular complexity index is 151. The molecule has 2 heteroatoms. The van der Waals surface area contributed by atoms with Gasteiger partial charge >= 0.3 is 0 Å². The molecule has 0 aliphatic rings. The quantitative estimate of drug-likeness (QED) is 0.455. The maximum Gasteiger partial charge on any atom is 0.122 e. The topological polar surface area (TPSA) is 40.5 Å². The van der Waals surface area contributed by atoms with E-state index in [1.807, 2.05) is 0 Å². The lowest BCUT2D eigenvalue weighted by Gasteiger charge is -1.72. The van der Waals surface area contributed by atoms with E-state index in [1.165, 1.54) is 0 Å². The molecule has 0 rings (SSSR count). The SMILES string of the molecule is OC#CC#CCCO. The van der Waals surface area contributed by atoms with Crippen LogP contribution >= 0.6 is 0 Å². The largest absolute Gasteiger partial charge is 0.461 e. The molecule has 2 nitrogen and oxygen atoms in total. The normalized spacial score (nSPS) is 5.62. The molecule has 0 aliphatic heterocycles. The fourth-order valence-corrected chi connectivity index (χ4v) is 0.191. The third-order valence-electron chi connectivity index (χ3n) is 0.444. The first-order valence-electron chi connectivity index (χ1n) is 2.14. The van der Waals surface area contributed by atoms with Gasteiger partial charge in [0.25, 0.3) is 0 Å². The molecule has 8 heavy (non-hydrogen) atoms. The van der Waals surface area contributed by atoms with Crippen molar-refractivity contribution in [2.75, 3.05) is 6.61 Å². The van der Waals surface area contributed by atoms with Crippen molar-refractivity contribution in [3.05, 3.63) is 0 Å². The zero-order chi connectivity index (χ0) is 6.24. The van der Waals surface area contributed by atoms with Crippen molar-refractivity contribution in [3.63, 3.8) is 0 Å². The van der Waals surface area contributed by atoms with E-state index in [2.05, 4.69) is 17.8 Å². The monoisotopic (exact) mass is 110 g/mol. The average molecular weight is 110 g/mol. The maximum atomic E-state index is 8.15. The zero-order valence-electron chi connectivity index (χ0n) is 4.31. The Kier molecular flexibility index (Phi) is 5.06. The number of hydrogen-bond acceptors (Lipinski definition) is 2. The van der Waals surface area contributed by atoms with Gasteiger partial charge in [-0.05, 0) is 5.92 Å². The minimum atomic E-state index is 0.0418. The summed E-state index contributed by atoms with van der Waals surface area (Å²) in [6, 6.07) is 0. The smallest absolute Gasteiger partial charge is 0.122 e. The zero-order valence-corrected chi connectivity index (χ0v) is 4.31. The third-order valence-corrected chi connectivity index (χ3v) is 0.444. The Morgan fingerprint density at radius 2 is 2.00 bits per heavy atom. The molecule has 0 aromatic rings. The predicted molar refractivity (Wildman–Crippen MR) is 29.2 cm³/mol. The van der Waals surface area contributed by atoms with Gasteiger partial charge in [0.1, 0.15) is 6.11 Å². The van der Waals surface area contributed by atoms with E-state index in [4.69, 9.17) is 10.2 Å². The second kappa shape index (κ2) is 5.88. The molecule has 0 saturated carbocycles. The van der Waals surface area contributed by atoms with Gasteiger partial charge in [0.05, 0.1) is 6.61 Å². The molecule has 42 valence electrons. The van der Waals surface area contributed by atoms with Crippen LogP contribution < -0.4 is 0 Å². The van der Waals surface area contributed by atoms with Crippen molar-refractivity contribution < 1.29 is 10.2 Å². The molecule has 0 spiro atoms. The average Bonchev–Trinajstić information content (AvgIpc) is 1.81. The van der Waals surface area contributed by atoms with Gasteiger partial charge in [0.15, 0.2) is 0 Å². The van der Waals surface area contributed by atoms with Crippen LogP contribution in [-0.2, 0) is 0 Å². The molecule has 0 unspecified atom stereocenters. The van der Waals surface area contributed by atoms with E-state index in [0.717, 1.165) is 0 Å². The molecule has 2 N–H and O–H groups in total. The van der Waals surface area contributed by atoms with Crippen molar-refractivity contribution in [2.24, 2.45) is 0 Å². The van der Waals surface area contributed by atoms with Crippen molar-refractivity contribution >= 4 is 0 Å². The van der Waals surface area contributed by atoms with Gasteiger partial charge in [-0.2, -0.15) is 0 Å². The van der Waals surface area contributed by atoms with Gasteiger partial charge in [0.2, 0.25) is 0 Å². The summed E-state index contributed by atoms with van der Waals surface area (Å²) in [5, 5.41) is 16.0. The van der Waals surface area contributed by atoms with Crippen LogP contribution in [0, 0.1) is 23.9 Å². The van der Waals surface area contributed by atoms with Crippen LogP contribution in [-0.4, -0.2) is 16.8 Å². The summed E-state index contributed by atoms with van der Waals surface area (Å²) in [4.78, 5) is 0. The number of rotatable bonds is 1. The van der Waals surface area contributed by atoms with Crippen LogP contribution in [0.3, 0.4) is 0 Å². The Morgan fingerprint density at radius 3 is 2.50 bits per heavy atom. The molecule has 0 aliphatic carbocycles. The summed E-state index contributed by atoms with van der Waals surface area (Å²) in [6.45, 7) is 0.0418. The lowest BCUT2D eigenvalue weighted by molar-refractivity contribution is 0.305. The molecule has 0 bridgehead atoms. The molecule has 0 radical (unpaired) electrons. The third kappa shape index (κ3) is 4.88. The van der Waals surface area contributed by atoms with E-state index in [0.29, 0.717) is 6.42 Å². The first kappa shape index (κ1) is 6.88. The highest BCUT2D eigenvalue weighted by Crippen LogP contribution is 1.66. The fraction of sp³-hybridized carbons (Fsp3) is 0.333. The molecule has 0 heterocycles. The standard InChI is InChI=1S/C6H6O2/c7-5-3-1-2-4-6-8/h7-8H,3,5H2. The van der Waals surface area contributed by atoms with Gasteiger partial charge in [-0.15, -0.1) is 0 Å². The molecule has 0 atom stereocenters. The minimum Gasteiger partial charge on any atom is -0.461 e. The predicted octanol–water partition coefficient (Wildman–Crippen LogP) is -0.294. The number of aliphatic hydroxyl groups is 2. The molecule has 0 aromatic heterocycles. The summed E-state index contributed by atoms with van der Waals surface area (Å²) in [5.74, 6) is 6.93. The van der Waals surface area contributed by atoms with Crippen LogP contribution in [0.25, 0.3) is 0 Å². The first-order chi connectivity index (χ1) is 3.91. The van der Waals surface area contributed by atoms with Crippen molar-refractivity contribution in [2.45, 2.75) is 6.42 Å². The Balaban J connectivity index is 3.31. The van der Waals surface area contributed by atoms with Gasteiger partial charge < -0.3 is 10.2 Å². The summed E-state index contributed by atoms with van der Waals surface area (Å²) in [7, 11) is 0. The van der Waals surface area contributed by atoms with E-state index in [1.54, 1.807) is 6.11 Å². The summed E-state index contributed by atoms with van der Waals surface area (Å²) in [5.41, 5.74) is 0. The molecular weight excluding hydrogens is 104 g/mol.